The minimum absolute atomic E-state index is 0.0743. The summed E-state index contributed by atoms with van der Waals surface area (Å²) in [5.41, 5.74) is 7.60. The largest absolute Gasteiger partial charge is 0.399 e. The van der Waals surface area contributed by atoms with Crippen molar-refractivity contribution in [3.05, 3.63) is 46.4 Å². The van der Waals surface area contributed by atoms with Crippen molar-refractivity contribution in [2.75, 3.05) is 11.1 Å². The number of anilines is 3. The summed E-state index contributed by atoms with van der Waals surface area (Å²) in [5, 5.41) is 16.9. The van der Waals surface area contributed by atoms with Crippen LogP contribution in [0.5, 0.6) is 0 Å². The molecule has 0 aliphatic heterocycles. The van der Waals surface area contributed by atoms with Gasteiger partial charge in [-0.05, 0) is 52.3 Å². The van der Waals surface area contributed by atoms with Crippen molar-refractivity contribution in [3.8, 4) is 6.07 Å². The Labute approximate surface area is 130 Å². The van der Waals surface area contributed by atoms with E-state index in [0.717, 1.165) is 0 Å². The fourth-order valence-corrected chi connectivity index (χ4v) is 2.77. The zero-order valence-corrected chi connectivity index (χ0v) is 13.1. The molecule has 0 atom stereocenters. The van der Waals surface area contributed by atoms with Crippen LogP contribution >= 0.6 is 15.9 Å². The maximum atomic E-state index is 11.4. The van der Waals surface area contributed by atoms with Gasteiger partial charge in [-0.25, -0.2) is 13.6 Å². The average molecular weight is 367 g/mol. The molecule has 8 heteroatoms. The van der Waals surface area contributed by atoms with Crippen LogP contribution in [0, 0.1) is 11.3 Å². The fourth-order valence-electron chi connectivity index (χ4n) is 1.70. The van der Waals surface area contributed by atoms with Crippen LogP contribution in [0.4, 0.5) is 17.1 Å². The van der Waals surface area contributed by atoms with E-state index in [2.05, 4.69) is 21.2 Å². The van der Waals surface area contributed by atoms with E-state index in [1.807, 2.05) is 6.07 Å². The molecule has 21 heavy (non-hydrogen) atoms. The van der Waals surface area contributed by atoms with Crippen LogP contribution in [0.25, 0.3) is 0 Å². The Morgan fingerprint density at radius 2 is 1.90 bits per heavy atom. The zero-order chi connectivity index (χ0) is 15.6. The highest BCUT2D eigenvalue weighted by atomic mass is 79.9. The second-order valence-electron chi connectivity index (χ2n) is 4.27. The number of nitriles is 1. The summed E-state index contributed by atoms with van der Waals surface area (Å²) in [7, 11) is -3.84. The first kappa shape index (κ1) is 15.3. The van der Waals surface area contributed by atoms with Crippen molar-refractivity contribution in [1.29, 1.82) is 5.26 Å². The Morgan fingerprint density at radius 3 is 2.48 bits per heavy atom. The summed E-state index contributed by atoms with van der Waals surface area (Å²) < 4.78 is 23.4. The van der Waals surface area contributed by atoms with E-state index in [9.17, 15) is 8.42 Å². The summed E-state index contributed by atoms with van der Waals surface area (Å²) >= 11 is 3.33. The highest BCUT2D eigenvalue weighted by Crippen LogP contribution is 2.29. The molecule has 0 radical (unpaired) electrons. The molecule has 0 heterocycles. The normalized spacial score (nSPS) is 10.9. The topological polar surface area (TPSA) is 122 Å². The van der Waals surface area contributed by atoms with Gasteiger partial charge in [0.15, 0.2) is 0 Å². The maximum Gasteiger partial charge on any atom is 0.238 e. The van der Waals surface area contributed by atoms with E-state index < -0.39 is 10.0 Å². The van der Waals surface area contributed by atoms with Crippen LogP contribution in [0.3, 0.4) is 0 Å². The van der Waals surface area contributed by atoms with E-state index in [0.29, 0.717) is 21.4 Å². The number of nitrogens with zero attached hydrogens (tertiary/aromatic N) is 1. The van der Waals surface area contributed by atoms with Crippen molar-refractivity contribution in [3.63, 3.8) is 0 Å². The van der Waals surface area contributed by atoms with E-state index in [1.54, 1.807) is 24.3 Å². The number of nitrogens with one attached hydrogen (secondary N) is 1. The molecule has 5 N–H and O–H groups in total. The standard InChI is InChI=1S/C13H11BrN4O2S/c14-12-3-8(7-15)1-2-13(12)18-10-4-9(16)5-11(6-10)21(17,19)20/h1-6,18H,16H2,(H2,17,19,20). The molecule has 0 fully saturated rings. The summed E-state index contributed by atoms with van der Waals surface area (Å²) in [4.78, 5) is -0.0743. The lowest BCUT2D eigenvalue weighted by molar-refractivity contribution is 0.598. The number of primary sulfonamides is 1. The molecule has 2 aromatic carbocycles. The number of hydrogen-bond donors (Lipinski definition) is 3. The summed E-state index contributed by atoms with van der Waals surface area (Å²) in [6.07, 6.45) is 0. The van der Waals surface area contributed by atoms with Gasteiger partial charge in [-0.1, -0.05) is 0 Å². The first-order chi connectivity index (χ1) is 9.79. The summed E-state index contributed by atoms with van der Waals surface area (Å²) in [6, 6.07) is 11.3. The third-order valence-corrected chi connectivity index (χ3v) is 4.18. The van der Waals surface area contributed by atoms with E-state index in [1.165, 1.54) is 12.1 Å². The minimum Gasteiger partial charge on any atom is -0.399 e. The van der Waals surface area contributed by atoms with Crippen LogP contribution in [0.15, 0.2) is 45.8 Å². The first-order valence-electron chi connectivity index (χ1n) is 5.69. The van der Waals surface area contributed by atoms with Gasteiger partial charge in [0.1, 0.15) is 0 Å². The molecule has 0 unspecified atom stereocenters. The molecule has 6 nitrogen and oxygen atoms in total. The van der Waals surface area contributed by atoms with Gasteiger partial charge in [0.25, 0.3) is 0 Å². The van der Waals surface area contributed by atoms with Crippen molar-refractivity contribution >= 4 is 43.0 Å². The van der Waals surface area contributed by atoms with Crippen LogP contribution in [0.2, 0.25) is 0 Å². The van der Waals surface area contributed by atoms with Crippen molar-refractivity contribution in [2.45, 2.75) is 4.90 Å². The van der Waals surface area contributed by atoms with Gasteiger partial charge in [-0.3, -0.25) is 0 Å². The molecule has 0 aromatic heterocycles. The van der Waals surface area contributed by atoms with Gasteiger partial charge in [0.2, 0.25) is 10.0 Å². The second-order valence-corrected chi connectivity index (χ2v) is 6.68. The molecule has 0 aliphatic carbocycles. The smallest absolute Gasteiger partial charge is 0.238 e. The Kier molecular flexibility index (Phi) is 4.18. The molecular weight excluding hydrogens is 356 g/mol. The molecule has 0 spiro atoms. The SMILES string of the molecule is N#Cc1ccc(Nc2cc(N)cc(S(N)(=O)=O)c2)c(Br)c1. The third-order valence-electron chi connectivity index (χ3n) is 2.63. The highest BCUT2D eigenvalue weighted by molar-refractivity contribution is 9.10. The number of nitrogens with two attached hydrogens (primary N) is 2. The molecule has 0 bridgehead atoms. The van der Waals surface area contributed by atoms with Crippen molar-refractivity contribution < 1.29 is 8.42 Å². The van der Waals surface area contributed by atoms with E-state index in [-0.39, 0.29) is 10.6 Å². The van der Waals surface area contributed by atoms with E-state index in [4.69, 9.17) is 16.1 Å². The fraction of sp³-hybridized carbons (Fsp3) is 0. The number of rotatable bonds is 3. The molecule has 2 rings (SSSR count). The predicted molar refractivity (Wildman–Crippen MR) is 84.4 cm³/mol. The summed E-state index contributed by atoms with van der Waals surface area (Å²) in [5.74, 6) is 0. The van der Waals surface area contributed by atoms with Crippen LogP contribution < -0.4 is 16.2 Å². The Hall–Kier alpha value is -2.08. The molecule has 0 aliphatic rings. The highest BCUT2D eigenvalue weighted by Gasteiger charge is 2.11. The lowest BCUT2D eigenvalue weighted by Crippen LogP contribution is -2.12. The Morgan fingerprint density at radius 1 is 1.19 bits per heavy atom. The van der Waals surface area contributed by atoms with Crippen LogP contribution in [-0.4, -0.2) is 8.42 Å². The number of benzene rings is 2. The molecular formula is C13H11BrN4O2S. The monoisotopic (exact) mass is 366 g/mol. The first-order valence-corrected chi connectivity index (χ1v) is 8.03. The zero-order valence-electron chi connectivity index (χ0n) is 10.7. The van der Waals surface area contributed by atoms with Gasteiger partial charge < -0.3 is 11.1 Å². The lowest BCUT2D eigenvalue weighted by atomic mass is 10.2. The van der Waals surface area contributed by atoms with Gasteiger partial charge >= 0.3 is 0 Å². The molecule has 108 valence electrons. The third kappa shape index (κ3) is 3.72. The average Bonchev–Trinajstić information content (AvgIpc) is 2.39. The number of halogens is 1. The Bertz CT molecular complexity index is 844. The van der Waals surface area contributed by atoms with Gasteiger partial charge in [0, 0.05) is 15.8 Å². The molecule has 0 amide bonds. The predicted octanol–water partition coefficient (Wildman–Crippen LogP) is 2.29. The van der Waals surface area contributed by atoms with Gasteiger partial charge in [-0.15, -0.1) is 0 Å². The number of hydrogen-bond acceptors (Lipinski definition) is 5. The second kappa shape index (κ2) is 5.73. The Balaban J connectivity index is 2.41. The number of sulfonamides is 1. The molecule has 0 saturated carbocycles. The molecule has 2 aromatic rings. The van der Waals surface area contributed by atoms with Crippen LogP contribution in [-0.2, 0) is 10.0 Å². The van der Waals surface area contributed by atoms with Gasteiger partial charge in [0.05, 0.1) is 22.2 Å². The minimum atomic E-state index is -3.84. The van der Waals surface area contributed by atoms with Crippen molar-refractivity contribution in [1.82, 2.24) is 0 Å². The van der Waals surface area contributed by atoms with Crippen LogP contribution in [0.1, 0.15) is 5.56 Å². The van der Waals surface area contributed by atoms with Gasteiger partial charge in [-0.2, -0.15) is 5.26 Å². The van der Waals surface area contributed by atoms with Crippen molar-refractivity contribution in [2.24, 2.45) is 5.14 Å². The summed E-state index contributed by atoms with van der Waals surface area (Å²) in [6.45, 7) is 0. The maximum absolute atomic E-state index is 11.4. The number of nitrogen functional groups attached to an aromatic ring is 1. The van der Waals surface area contributed by atoms with E-state index >= 15 is 0 Å². The molecule has 0 saturated heterocycles. The lowest BCUT2D eigenvalue weighted by Gasteiger charge is -2.11. The quantitative estimate of drug-likeness (QED) is 0.719.